The summed E-state index contributed by atoms with van der Waals surface area (Å²) in [4.78, 5) is 59.3. The number of esters is 3. The van der Waals surface area contributed by atoms with E-state index in [1.54, 1.807) is 13.8 Å². The SMILES string of the molecule is [C-]#[N+]c1c(C(=O)OC2C(C)CC(C)CC2C)c2[nH]c(-c3ccc(C)cc3)nn2c1OC(=O)N(CC(=O)OCC)CC(=O)OCC. The number of H-pyrrole nitrogens is 1. The van der Waals surface area contributed by atoms with Crippen LogP contribution in [0.4, 0.5) is 10.5 Å². The predicted molar refractivity (Wildman–Crippen MR) is 163 cm³/mol. The average molecular weight is 622 g/mol. The van der Waals surface area contributed by atoms with Crippen molar-refractivity contribution in [1.29, 1.82) is 0 Å². The molecule has 1 amide bonds. The van der Waals surface area contributed by atoms with Crippen LogP contribution < -0.4 is 4.74 Å². The van der Waals surface area contributed by atoms with Crippen molar-refractivity contribution in [2.75, 3.05) is 26.3 Å². The Bertz CT molecular complexity index is 1570. The van der Waals surface area contributed by atoms with Crippen LogP contribution in [0.5, 0.6) is 5.88 Å². The second kappa shape index (κ2) is 14.3. The molecule has 2 atom stereocenters. The number of nitrogens with one attached hydrogen (secondary N) is 1. The molecule has 0 saturated heterocycles. The van der Waals surface area contributed by atoms with Crippen LogP contribution in [-0.4, -0.2) is 75.9 Å². The fourth-order valence-electron chi connectivity index (χ4n) is 5.87. The van der Waals surface area contributed by atoms with E-state index in [4.69, 9.17) is 25.5 Å². The van der Waals surface area contributed by atoms with Gasteiger partial charge in [0.25, 0.3) is 5.69 Å². The molecule has 240 valence electrons. The number of rotatable bonds is 10. The molecule has 2 unspecified atom stereocenters. The number of carbonyl (C=O) groups is 4. The van der Waals surface area contributed by atoms with Crippen LogP contribution in [-0.2, 0) is 23.8 Å². The van der Waals surface area contributed by atoms with Crippen molar-refractivity contribution in [3.63, 3.8) is 0 Å². The molecule has 45 heavy (non-hydrogen) atoms. The number of nitrogens with zero attached hydrogens (tertiary/aromatic N) is 4. The van der Waals surface area contributed by atoms with Crippen molar-refractivity contribution in [1.82, 2.24) is 19.5 Å². The Morgan fingerprint density at radius 2 is 1.58 bits per heavy atom. The lowest BCUT2D eigenvalue weighted by molar-refractivity contribution is -0.147. The molecule has 4 rings (SSSR count). The topological polar surface area (TPSA) is 146 Å². The molecular formula is C32H39N5O8. The largest absolute Gasteiger partial charge is 0.465 e. The molecule has 0 radical (unpaired) electrons. The van der Waals surface area contributed by atoms with E-state index in [-0.39, 0.29) is 53.9 Å². The summed E-state index contributed by atoms with van der Waals surface area (Å²) < 4.78 is 22.7. The minimum absolute atomic E-state index is 0.0555. The molecule has 13 heteroatoms. The summed E-state index contributed by atoms with van der Waals surface area (Å²) in [5.41, 5.74) is 1.36. The Balaban J connectivity index is 1.78. The van der Waals surface area contributed by atoms with E-state index in [9.17, 15) is 19.2 Å². The number of aromatic amines is 1. The minimum atomic E-state index is -1.15. The van der Waals surface area contributed by atoms with E-state index in [1.807, 2.05) is 45.0 Å². The average Bonchev–Trinajstić information content (AvgIpc) is 3.52. The van der Waals surface area contributed by atoms with Gasteiger partial charge < -0.3 is 23.9 Å². The molecule has 1 aliphatic rings. The van der Waals surface area contributed by atoms with E-state index < -0.39 is 37.1 Å². The van der Waals surface area contributed by atoms with Gasteiger partial charge in [0.05, 0.1) is 19.8 Å². The Morgan fingerprint density at radius 1 is 1.00 bits per heavy atom. The number of carbonyl (C=O) groups excluding carboxylic acids is 4. The molecule has 0 bridgehead atoms. The Labute approximate surface area is 261 Å². The van der Waals surface area contributed by atoms with Gasteiger partial charge in [-0.05, 0) is 51.4 Å². The van der Waals surface area contributed by atoms with E-state index in [1.165, 1.54) is 0 Å². The number of aryl methyl sites for hydroxylation is 1. The minimum Gasteiger partial charge on any atom is -0.465 e. The third-order valence-electron chi connectivity index (χ3n) is 7.76. The fourth-order valence-corrected chi connectivity index (χ4v) is 5.87. The summed E-state index contributed by atoms with van der Waals surface area (Å²) in [6.07, 6.45) is 0.260. The normalized spacial score (nSPS) is 19.4. The first-order valence-corrected chi connectivity index (χ1v) is 15.0. The van der Waals surface area contributed by atoms with Crippen LogP contribution >= 0.6 is 0 Å². The lowest BCUT2D eigenvalue weighted by Crippen LogP contribution is -2.42. The number of benzene rings is 1. The van der Waals surface area contributed by atoms with Gasteiger partial charge in [-0.25, -0.2) is 14.4 Å². The molecule has 13 nitrogen and oxygen atoms in total. The third kappa shape index (κ3) is 7.45. The molecule has 0 spiro atoms. The Kier molecular flexibility index (Phi) is 10.5. The standard InChI is InChI=1S/C32H39N5O8/c1-8-42-23(38)16-36(17-24(39)43-9-2)32(41)45-30-26(33-7)25(31(40)44-27-20(5)14-19(4)15-21(27)6)29-34-28(35-37(29)30)22-12-10-18(3)11-13-22/h10-13,19-21,27H,8-9,14-17H2,1-6H3,(H,34,35). The Morgan fingerprint density at radius 3 is 2.11 bits per heavy atom. The zero-order valence-electron chi connectivity index (χ0n) is 26.4. The molecule has 2 heterocycles. The first kappa shape index (κ1) is 33.0. The van der Waals surface area contributed by atoms with Gasteiger partial charge in [-0.1, -0.05) is 50.6 Å². The highest BCUT2D eigenvalue weighted by Crippen LogP contribution is 2.41. The molecule has 3 aromatic rings. The highest BCUT2D eigenvalue weighted by molar-refractivity contribution is 6.05. The maximum absolute atomic E-state index is 13.8. The van der Waals surface area contributed by atoms with Gasteiger partial charge >= 0.3 is 24.0 Å². The van der Waals surface area contributed by atoms with E-state index in [2.05, 4.69) is 21.9 Å². The van der Waals surface area contributed by atoms with Gasteiger partial charge in [-0.3, -0.25) is 14.5 Å². The van der Waals surface area contributed by atoms with E-state index in [0.717, 1.165) is 27.8 Å². The summed E-state index contributed by atoms with van der Waals surface area (Å²) >= 11 is 0. The van der Waals surface area contributed by atoms with Crippen molar-refractivity contribution in [3.05, 3.63) is 46.8 Å². The summed E-state index contributed by atoms with van der Waals surface area (Å²) in [5.74, 6) is -1.65. The highest BCUT2D eigenvalue weighted by atomic mass is 16.6. The maximum Gasteiger partial charge on any atom is 0.416 e. The van der Waals surface area contributed by atoms with Crippen molar-refractivity contribution in [3.8, 4) is 17.3 Å². The lowest BCUT2D eigenvalue weighted by atomic mass is 9.75. The molecule has 1 N–H and O–H groups in total. The quantitative estimate of drug-likeness (QED) is 0.180. The van der Waals surface area contributed by atoms with Gasteiger partial charge in [-0.15, -0.1) is 5.10 Å². The predicted octanol–water partition coefficient (Wildman–Crippen LogP) is 5.34. The summed E-state index contributed by atoms with van der Waals surface area (Å²) in [7, 11) is 0. The second-order valence-corrected chi connectivity index (χ2v) is 11.5. The summed E-state index contributed by atoms with van der Waals surface area (Å²) in [6, 6.07) is 7.45. The summed E-state index contributed by atoms with van der Waals surface area (Å²) in [6.45, 7) is 18.2. The molecular weight excluding hydrogens is 582 g/mol. The number of hydrogen-bond donors (Lipinski definition) is 1. The van der Waals surface area contributed by atoms with Crippen LogP contribution in [0.15, 0.2) is 24.3 Å². The van der Waals surface area contributed by atoms with E-state index in [0.29, 0.717) is 17.3 Å². The monoisotopic (exact) mass is 621 g/mol. The molecule has 1 saturated carbocycles. The second-order valence-electron chi connectivity index (χ2n) is 11.5. The molecule has 0 aliphatic heterocycles. The number of ether oxygens (including phenoxy) is 4. The zero-order valence-corrected chi connectivity index (χ0v) is 26.4. The lowest BCUT2D eigenvalue weighted by Gasteiger charge is -2.37. The molecule has 2 aromatic heterocycles. The molecule has 1 aliphatic carbocycles. The van der Waals surface area contributed by atoms with Crippen LogP contribution in [0.1, 0.15) is 63.4 Å². The van der Waals surface area contributed by atoms with Crippen LogP contribution in [0.2, 0.25) is 0 Å². The van der Waals surface area contributed by atoms with Crippen molar-refractivity contribution >= 4 is 35.3 Å². The number of aromatic nitrogens is 3. The van der Waals surface area contributed by atoms with E-state index >= 15 is 0 Å². The Hall–Kier alpha value is -4.86. The van der Waals surface area contributed by atoms with Crippen molar-refractivity contribution in [2.45, 2.75) is 60.5 Å². The third-order valence-corrected chi connectivity index (χ3v) is 7.76. The van der Waals surface area contributed by atoms with Gasteiger partial charge in [0.1, 0.15) is 30.4 Å². The highest BCUT2D eigenvalue weighted by Gasteiger charge is 2.38. The molecule has 1 aromatic carbocycles. The van der Waals surface area contributed by atoms with Gasteiger partial charge in [-0.2, -0.15) is 4.52 Å². The number of amides is 1. The molecule has 1 fully saturated rings. The first-order chi connectivity index (χ1) is 21.5. The van der Waals surface area contributed by atoms with Gasteiger partial charge in [0.2, 0.25) is 5.88 Å². The van der Waals surface area contributed by atoms with Gasteiger partial charge in [0.15, 0.2) is 5.82 Å². The summed E-state index contributed by atoms with van der Waals surface area (Å²) in [5, 5.41) is 4.54. The number of fused-ring (bicyclic) bond motifs is 1. The fraction of sp³-hybridized carbons (Fsp3) is 0.500. The smallest absolute Gasteiger partial charge is 0.416 e. The van der Waals surface area contributed by atoms with Crippen LogP contribution in [0.25, 0.3) is 21.9 Å². The van der Waals surface area contributed by atoms with Crippen molar-refractivity contribution in [2.24, 2.45) is 17.8 Å². The van der Waals surface area contributed by atoms with Crippen LogP contribution in [0, 0.1) is 31.2 Å². The number of hydrogen-bond acceptors (Lipinski definition) is 9. The zero-order chi connectivity index (χ0) is 32.8. The first-order valence-electron chi connectivity index (χ1n) is 15.0. The van der Waals surface area contributed by atoms with Gasteiger partial charge in [0, 0.05) is 5.56 Å². The van der Waals surface area contributed by atoms with Crippen molar-refractivity contribution < 1.29 is 38.1 Å². The van der Waals surface area contributed by atoms with Crippen LogP contribution in [0.3, 0.4) is 0 Å². The maximum atomic E-state index is 13.8.